The van der Waals surface area contributed by atoms with Crippen molar-refractivity contribution in [3.05, 3.63) is 0 Å². The molecule has 1 fully saturated rings. The number of nitrogens with zero attached hydrogens (tertiary/aromatic N) is 1. The lowest BCUT2D eigenvalue weighted by Crippen LogP contribution is -2.49. The Bertz CT molecular complexity index is 300. The van der Waals surface area contributed by atoms with E-state index in [1.807, 2.05) is 11.2 Å². The van der Waals surface area contributed by atoms with Gasteiger partial charge in [0.05, 0.1) is 0 Å². The van der Waals surface area contributed by atoms with Crippen LogP contribution in [0.5, 0.6) is 0 Å². The molecule has 0 saturated carbocycles. The van der Waals surface area contributed by atoms with E-state index >= 15 is 0 Å². The fraction of sp³-hybridized carbons (Fsp3) is 0.846. The summed E-state index contributed by atoms with van der Waals surface area (Å²) in [5.41, 5.74) is 0. The van der Waals surface area contributed by atoms with Gasteiger partial charge in [-0.25, -0.2) is 4.79 Å². The molecule has 1 heterocycles. The molecule has 1 rings (SSSR count). The van der Waals surface area contributed by atoms with Gasteiger partial charge in [-0.2, -0.15) is 11.8 Å². The molecule has 6 heteroatoms. The number of carbonyl (C=O) groups is 2. The van der Waals surface area contributed by atoms with Gasteiger partial charge >= 0.3 is 12.0 Å². The van der Waals surface area contributed by atoms with Crippen molar-refractivity contribution in [2.24, 2.45) is 0 Å². The van der Waals surface area contributed by atoms with Gasteiger partial charge < -0.3 is 15.3 Å². The number of amides is 2. The lowest BCUT2D eigenvalue weighted by atomic mass is 9.98. The van der Waals surface area contributed by atoms with Gasteiger partial charge in [0.25, 0.3) is 0 Å². The summed E-state index contributed by atoms with van der Waals surface area (Å²) in [5, 5.41) is 11.7. The zero-order valence-electron chi connectivity index (χ0n) is 11.6. The molecule has 19 heavy (non-hydrogen) atoms. The first-order valence-corrected chi connectivity index (χ1v) is 8.29. The summed E-state index contributed by atoms with van der Waals surface area (Å²) in [6.45, 7) is 1.44. The van der Waals surface area contributed by atoms with Crippen molar-refractivity contribution < 1.29 is 14.7 Å². The molecule has 0 aliphatic carbocycles. The number of thioether (sulfide) groups is 1. The predicted molar refractivity (Wildman–Crippen MR) is 77.6 cm³/mol. The van der Waals surface area contributed by atoms with Crippen LogP contribution in [0.25, 0.3) is 0 Å². The van der Waals surface area contributed by atoms with Gasteiger partial charge in [-0.1, -0.05) is 0 Å². The molecule has 5 nitrogen and oxygen atoms in total. The normalized spacial score (nSPS) is 19.2. The van der Waals surface area contributed by atoms with E-state index in [4.69, 9.17) is 5.11 Å². The molecule has 110 valence electrons. The van der Waals surface area contributed by atoms with Crippen LogP contribution in [0.1, 0.15) is 38.5 Å². The average molecular weight is 288 g/mol. The topological polar surface area (TPSA) is 69.6 Å². The Balaban J connectivity index is 2.37. The zero-order valence-corrected chi connectivity index (χ0v) is 12.4. The third kappa shape index (κ3) is 6.18. The first-order chi connectivity index (χ1) is 9.15. The van der Waals surface area contributed by atoms with Crippen LogP contribution in [0.3, 0.4) is 0 Å². The molecule has 1 aliphatic rings. The van der Waals surface area contributed by atoms with Crippen LogP contribution in [-0.2, 0) is 4.79 Å². The SMILES string of the molecule is CSCCCNC(=O)N1CCCCC1CCC(=O)O. The molecule has 0 spiro atoms. The van der Waals surface area contributed by atoms with Crippen molar-refractivity contribution in [2.75, 3.05) is 25.1 Å². The molecule has 0 aromatic heterocycles. The number of hydrogen-bond donors (Lipinski definition) is 2. The summed E-state index contributed by atoms with van der Waals surface area (Å²) in [6, 6.07) is 0.0570. The van der Waals surface area contributed by atoms with E-state index < -0.39 is 5.97 Å². The van der Waals surface area contributed by atoms with E-state index in [2.05, 4.69) is 5.32 Å². The first kappa shape index (κ1) is 16.1. The summed E-state index contributed by atoms with van der Waals surface area (Å²) < 4.78 is 0. The number of carboxylic acid groups (broad SMARTS) is 1. The first-order valence-electron chi connectivity index (χ1n) is 6.90. The van der Waals surface area contributed by atoms with Crippen LogP contribution in [0.2, 0.25) is 0 Å². The molecule has 0 aromatic carbocycles. The second kappa shape index (κ2) is 9.07. The van der Waals surface area contributed by atoms with Gasteiger partial charge in [-0.3, -0.25) is 4.79 Å². The van der Waals surface area contributed by atoms with Crippen LogP contribution >= 0.6 is 11.8 Å². The zero-order chi connectivity index (χ0) is 14.1. The molecule has 2 N–H and O–H groups in total. The number of piperidine rings is 1. The third-order valence-corrected chi connectivity index (χ3v) is 4.08. The fourth-order valence-corrected chi connectivity index (χ4v) is 2.80. The average Bonchev–Trinajstić information content (AvgIpc) is 2.41. The van der Waals surface area contributed by atoms with E-state index in [0.717, 1.165) is 38.0 Å². The lowest BCUT2D eigenvalue weighted by molar-refractivity contribution is -0.137. The predicted octanol–water partition coefficient (Wildman–Crippen LogP) is 2.17. The molecule has 0 radical (unpaired) electrons. The minimum atomic E-state index is -0.786. The molecule has 2 amide bonds. The summed E-state index contributed by atoms with van der Waals surface area (Å²) in [7, 11) is 0. The number of nitrogens with one attached hydrogen (secondary N) is 1. The molecular formula is C13H24N2O3S. The molecule has 1 atom stereocenters. The van der Waals surface area contributed by atoms with Crippen molar-refractivity contribution in [1.82, 2.24) is 10.2 Å². The summed E-state index contributed by atoms with van der Waals surface area (Å²) in [6.07, 6.45) is 6.75. The molecule has 1 saturated heterocycles. The third-order valence-electron chi connectivity index (χ3n) is 3.38. The second-order valence-corrected chi connectivity index (χ2v) is 5.84. The Hall–Kier alpha value is -0.910. The van der Waals surface area contributed by atoms with Crippen molar-refractivity contribution >= 4 is 23.8 Å². The van der Waals surface area contributed by atoms with Crippen LogP contribution < -0.4 is 5.32 Å². The largest absolute Gasteiger partial charge is 0.481 e. The highest BCUT2D eigenvalue weighted by atomic mass is 32.2. The van der Waals surface area contributed by atoms with Crippen LogP contribution in [0.15, 0.2) is 0 Å². The number of urea groups is 1. The van der Waals surface area contributed by atoms with Crippen LogP contribution in [0, 0.1) is 0 Å². The summed E-state index contributed by atoms with van der Waals surface area (Å²) in [5.74, 6) is 0.258. The highest BCUT2D eigenvalue weighted by Gasteiger charge is 2.26. The van der Waals surface area contributed by atoms with Gasteiger partial charge in [-0.15, -0.1) is 0 Å². The van der Waals surface area contributed by atoms with E-state index in [1.165, 1.54) is 0 Å². The monoisotopic (exact) mass is 288 g/mol. The Labute approximate surface area is 119 Å². The van der Waals surface area contributed by atoms with Crippen molar-refractivity contribution in [1.29, 1.82) is 0 Å². The maximum absolute atomic E-state index is 12.1. The molecule has 1 unspecified atom stereocenters. The minimum absolute atomic E-state index is 0.0313. The lowest BCUT2D eigenvalue weighted by Gasteiger charge is -2.35. The Morgan fingerprint density at radius 2 is 2.21 bits per heavy atom. The number of aliphatic carboxylic acids is 1. The van der Waals surface area contributed by atoms with Crippen molar-refractivity contribution in [3.8, 4) is 0 Å². The summed E-state index contributed by atoms with van der Waals surface area (Å²) in [4.78, 5) is 24.5. The Morgan fingerprint density at radius 1 is 1.42 bits per heavy atom. The van der Waals surface area contributed by atoms with E-state index in [0.29, 0.717) is 13.0 Å². The minimum Gasteiger partial charge on any atom is -0.481 e. The van der Waals surface area contributed by atoms with Crippen LogP contribution in [-0.4, -0.2) is 53.1 Å². The highest BCUT2D eigenvalue weighted by molar-refractivity contribution is 7.98. The van der Waals surface area contributed by atoms with Gasteiger partial charge in [-0.05, 0) is 44.1 Å². The maximum Gasteiger partial charge on any atom is 0.317 e. The van der Waals surface area contributed by atoms with Crippen LogP contribution in [0.4, 0.5) is 4.79 Å². The summed E-state index contributed by atoms with van der Waals surface area (Å²) >= 11 is 1.77. The smallest absolute Gasteiger partial charge is 0.317 e. The van der Waals surface area contributed by atoms with Crippen molar-refractivity contribution in [3.63, 3.8) is 0 Å². The Morgan fingerprint density at radius 3 is 2.89 bits per heavy atom. The fourth-order valence-electron chi connectivity index (χ4n) is 2.37. The van der Waals surface area contributed by atoms with E-state index in [1.54, 1.807) is 11.8 Å². The van der Waals surface area contributed by atoms with E-state index in [9.17, 15) is 9.59 Å². The maximum atomic E-state index is 12.1. The number of carboxylic acids is 1. The Kier molecular flexibility index (Phi) is 7.70. The van der Waals surface area contributed by atoms with Gasteiger partial charge in [0, 0.05) is 25.6 Å². The molecule has 1 aliphatic heterocycles. The van der Waals surface area contributed by atoms with E-state index in [-0.39, 0.29) is 18.5 Å². The standard InChI is InChI=1S/C13H24N2O3S/c1-19-10-4-8-14-13(18)15-9-3-2-5-11(15)6-7-12(16)17/h11H,2-10H2,1H3,(H,14,18)(H,16,17). The number of carbonyl (C=O) groups excluding carboxylic acids is 1. The molecular weight excluding hydrogens is 264 g/mol. The number of hydrogen-bond acceptors (Lipinski definition) is 3. The van der Waals surface area contributed by atoms with Gasteiger partial charge in [0.1, 0.15) is 0 Å². The number of likely N-dealkylation sites (tertiary alicyclic amines) is 1. The molecule has 0 bridgehead atoms. The highest BCUT2D eigenvalue weighted by Crippen LogP contribution is 2.20. The van der Waals surface area contributed by atoms with Gasteiger partial charge in [0.15, 0.2) is 0 Å². The second-order valence-electron chi connectivity index (χ2n) is 4.85. The van der Waals surface area contributed by atoms with Gasteiger partial charge in [0.2, 0.25) is 0 Å². The van der Waals surface area contributed by atoms with Crippen molar-refractivity contribution in [2.45, 2.75) is 44.6 Å². The quantitative estimate of drug-likeness (QED) is 0.704. The molecule has 0 aromatic rings. The number of rotatable bonds is 7.